The molecule has 0 saturated heterocycles. The first-order valence-electron chi connectivity index (χ1n) is 7.90. The second-order valence-electron chi connectivity index (χ2n) is 5.81. The largest absolute Gasteiger partial charge is 0.368 e. The highest BCUT2D eigenvalue weighted by Gasteiger charge is 2.42. The van der Waals surface area contributed by atoms with Crippen LogP contribution in [0.3, 0.4) is 0 Å². The van der Waals surface area contributed by atoms with E-state index in [1.54, 1.807) is 0 Å². The molecule has 0 radical (unpaired) electrons. The van der Waals surface area contributed by atoms with E-state index in [2.05, 4.69) is 12.2 Å². The Hall–Kier alpha value is -1.00. The Morgan fingerprint density at radius 2 is 2.05 bits per heavy atom. The van der Waals surface area contributed by atoms with E-state index >= 15 is 0 Å². The van der Waals surface area contributed by atoms with E-state index in [4.69, 9.17) is 5.73 Å². The smallest absolute Gasteiger partial charge is 0.243 e. The summed E-state index contributed by atoms with van der Waals surface area (Å²) in [5.41, 5.74) is 6.08. The monoisotopic (exact) mass is 306 g/mol. The summed E-state index contributed by atoms with van der Waals surface area (Å²) in [5, 5.41) is 3.52. The minimum absolute atomic E-state index is 0.261. The number of rotatable bonds is 10. The Bertz CT molecular complexity index is 447. The number of primary amides is 1. The van der Waals surface area contributed by atoms with Gasteiger partial charge in [0.05, 0.1) is 0 Å². The Kier molecular flexibility index (Phi) is 6.12. The summed E-state index contributed by atoms with van der Waals surface area (Å²) in [6, 6.07) is 10.4. The van der Waals surface area contributed by atoms with Gasteiger partial charge in [0, 0.05) is 11.8 Å². The topological polar surface area (TPSA) is 55.1 Å². The lowest BCUT2D eigenvalue weighted by Crippen LogP contribution is -2.55. The van der Waals surface area contributed by atoms with Crippen LogP contribution < -0.4 is 11.1 Å². The maximum atomic E-state index is 12.3. The van der Waals surface area contributed by atoms with E-state index in [1.807, 2.05) is 42.1 Å². The number of thioether (sulfide) groups is 1. The summed E-state index contributed by atoms with van der Waals surface area (Å²) >= 11 is 1.83. The van der Waals surface area contributed by atoms with Crippen molar-refractivity contribution in [2.75, 3.05) is 11.5 Å². The Labute approximate surface area is 132 Å². The molecule has 0 heterocycles. The minimum Gasteiger partial charge on any atom is -0.368 e. The highest BCUT2D eigenvalue weighted by Crippen LogP contribution is 2.31. The maximum absolute atomic E-state index is 12.3. The number of carbonyl (C=O) groups excluding carboxylic acids is 1. The van der Waals surface area contributed by atoms with Crippen LogP contribution in [0.5, 0.6) is 0 Å². The number of hydrogen-bond acceptors (Lipinski definition) is 3. The van der Waals surface area contributed by atoms with Gasteiger partial charge in [-0.2, -0.15) is 11.8 Å². The SMILES string of the molecule is CCCCCSCC(NC1CC1)(C(N)=O)c1ccccc1. The molecule has 4 heteroatoms. The van der Waals surface area contributed by atoms with Crippen molar-refractivity contribution in [2.24, 2.45) is 5.73 Å². The molecule has 1 aliphatic rings. The van der Waals surface area contributed by atoms with Gasteiger partial charge in [0.1, 0.15) is 5.54 Å². The van der Waals surface area contributed by atoms with Crippen LogP contribution in [0.25, 0.3) is 0 Å². The molecule has 3 N–H and O–H groups in total. The molecule has 1 aliphatic carbocycles. The zero-order valence-electron chi connectivity index (χ0n) is 12.8. The van der Waals surface area contributed by atoms with Crippen LogP contribution in [-0.4, -0.2) is 23.5 Å². The molecule has 116 valence electrons. The highest BCUT2D eigenvalue weighted by atomic mass is 32.2. The van der Waals surface area contributed by atoms with Crippen LogP contribution in [0.4, 0.5) is 0 Å². The van der Waals surface area contributed by atoms with Crippen molar-refractivity contribution < 1.29 is 4.79 Å². The van der Waals surface area contributed by atoms with Gasteiger partial charge in [0.2, 0.25) is 5.91 Å². The lowest BCUT2D eigenvalue weighted by molar-refractivity contribution is -0.124. The predicted molar refractivity (Wildman–Crippen MR) is 90.3 cm³/mol. The molecular formula is C17H26N2OS. The standard InChI is InChI=1S/C17H26N2OS/c1-2-3-7-12-21-13-17(16(18)20,19-15-10-11-15)14-8-5-4-6-9-14/h4-6,8-9,15,19H,2-3,7,10-13H2,1H3,(H2,18,20). The normalized spacial score (nSPS) is 17.4. The number of unbranched alkanes of at least 4 members (excludes halogenated alkanes) is 2. The van der Waals surface area contributed by atoms with E-state index < -0.39 is 5.54 Å². The number of benzene rings is 1. The first-order valence-corrected chi connectivity index (χ1v) is 9.05. The third kappa shape index (κ3) is 4.48. The summed E-state index contributed by atoms with van der Waals surface area (Å²) in [6.07, 6.45) is 5.96. The third-order valence-electron chi connectivity index (χ3n) is 3.93. The van der Waals surface area contributed by atoms with Gasteiger partial charge < -0.3 is 5.73 Å². The highest BCUT2D eigenvalue weighted by molar-refractivity contribution is 7.99. The second kappa shape index (κ2) is 7.85. The molecule has 0 spiro atoms. The molecule has 1 amide bonds. The third-order valence-corrected chi connectivity index (χ3v) is 5.14. The molecule has 2 rings (SSSR count). The summed E-state index contributed by atoms with van der Waals surface area (Å²) in [4.78, 5) is 12.3. The Morgan fingerprint density at radius 1 is 1.33 bits per heavy atom. The van der Waals surface area contributed by atoms with Crippen LogP contribution in [-0.2, 0) is 10.3 Å². The molecule has 1 fully saturated rings. The van der Waals surface area contributed by atoms with Crippen molar-refractivity contribution in [2.45, 2.75) is 50.6 Å². The van der Waals surface area contributed by atoms with Crippen LogP contribution in [0, 0.1) is 0 Å². The number of nitrogens with two attached hydrogens (primary N) is 1. The molecule has 0 aromatic heterocycles. The van der Waals surface area contributed by atoms with Crippen LogP contribution in [0.1, 0.15) is 44.6 Å². The molecule has 0 aliphatic heterocycles. The van der Waals surface area contributed by atoms with Gasteiger partial charge in [0.25, 0.3) is 0 Å². The van der Waals surface area contributed by atoms with Crippen LogP contribution in [0.2, 0.25) is 0 Å². The van der Waals surface area contributed by atoms with Gasteiger partial charge in [-0.1, -0.05) is 50.1 Å². The molecule has 1 aromatic carbocycles. The van der Waals surface area contributed by atoms with Crippen molar-refractivity contribution in [3.8, 4) is 0 Å². The van der Waals surface area contributed by atoms with E-state index in [0.29, 0.717) is 11.8 Å². The van der Waals surface area contributed by atoms with Gasteiger partial charge in [-0.3, -0.25) is 10.1 Å². The number of nitrogens with one attached hydrogen (secondary N) is 1. The second-order valence-corrected chi connectivity index (χ2v) is 6.92. The maximum Gasteiger partial charge on any atom is 0.243 e. The molecule has 21 heavy (non-hydrogen) atoms. The zero-order valence-corrected chi connectivity index (χ0v) is 13.6. The average molecular weight is 306 g/mol. The van der Waals surface area contributed by atoms with Crippen molar-refractivity contribution >= 4 is 17.7 Å². The molecular weight excluding hydrogens is 280 g/mol. The zero-order chi connectivity index (χ0) is 15.1. The van der Waals surface area contributed by atoms with Gasteiger partial charge >= 0.3 is 0 Å². The average Bonchev–Trinajstić information content (AvgIpc) is 3.30. The first kappa shape index (κ1) is 16.4. The van der Waals surface area contributed by atoms with Crippen molar-refractivity contribution in [1.82, 2.24) is 5.32 Å². The van der Waals surface area contributed by atoms with E-state index in [1.165, 1.54) is 19.3 Å². The van der Waals surface area contributed by atoms with Crippen LogP contribution in [0.15, 0.2) is 30.3 Å². The van der Waals surface area contributed by atoms with Gasteiger partial charge in [-0.05, 0) is 30.6 Å². The Balaban J connectivity index is 2.09. The lowest BCUT2D eigenvalue weighted by atomic mass is 9.91. The van der Waals surface area contributed by atoms with Gasteiger partial charge in [-0.25, -0.2) is 0 Å². The molecule has 1 unspecified atom stereocenters. The molecule has 3 nitrogen and oxygen atoms in total. The molecule has 1 aromatic rings. The van der Waals surface area contributed by atoms with E-state index in [9.17, 15) is 4.79 Å². The molecule has 0 bridgehead atoms. The summed E-state index contributed by atoms with van der Waals surface area (Å²) in [5.74, 6) is 1.54. The first-order chi connectivity index (χ1) is 10.2. The summed E-state index contributed by atoms with van der Waals surface area (Å²) < 4.78 is 0. The molecule has 1 saturated carbocycles. The fourth-order valence-corrected chi connectivity index (χ4v) is 3.72. The van der Waals surface area contributed by atoms with Crippen molar-refractivity contribution in [1.29, 1.82) is 0 Å². The fourth-order valence-electron chi connectivity index (χ4n) is 2.47. The van der Waals surface area contributed by atoms with Crippen molar-refractivity contribution in [3.63, 3.8) is 0 Å². The fraction of sp³-hybridized carbons (Fsp3) is 0.588. The summed E-state index contributed by atoms with van der Waals surface area (Å²) in [6.45, 7) is 2.21. The predicted octanol–water partition coefficient (Wildman–Crippen LogP) is 3.04. The minimum atomic E-state index is -0.723. The quantitative estimate of drug-likeness (QED) is 0.653. The van der Waals surface area contributed by atoms with E-state index in [0.717, 1.165) is 24.2 Å². The number of carbonyl (C=O) groups is 1. The number of amides is 1. The lowest BCUT2D eigenvalue weighted by Gasteiger charge is -2.32. The van der Waals surface area contributed by atoms with Crippen molar-refractivity contribution in [3.05, 3.63) is 35.9 Å². The molecule has 1 atom stereocenters. The Morgan fingerprint density at radius 3 is 2.62 bits per heavy atom. The van der Waals surface area contributed by atoms with E-state index in [-0.39, 0.29) is 5.91 Å². The van der Waals surface area contributed by atoms with Gasteiger partial charge in [-0.15, -0.1) is 0 Å². The van der Waals surface area contributed by atoms with Crippen LogP contribution >= 0.6 is 11.8 Å². The number of hydrogen-bond donors (Lipinski definition) is 2. The summed E-state index contributed by atoms with van der Waals surface area (Å²) in [7, 11) is 0. The van der Waals surface area contributed by atoms with Gasteiger partial charge in [0.15, 0.2) is 0 Å².